The first-order valence-corrected chi connectivity index (χ1v) is 8.19. The number of esters is 2. The average Bonchev–Trinajstić information content (AvgIpc) is 2.61. The van der Waals surface area contributed by atoms with E-state index in [9.17, 15) is 9.59 Å². The molecule has 0 fully saturated rings. The molecule has 2 rings (SSSR count). The van der Waals surface area contributed by atoms with E-state index in [2.05, 4.69) is 15.9 Å². The highest BCUT2D eigenvalue weighted by molar-refractivity contribution is 9.10. The first kappa shape index (κ1) is 18.4. The van der Waals surface area contributed by atoms with Gasteiger partial charge in [-0.2, -0.15) is 5.26 Å². The summed E-state index contributed by atoms with van der Waals surface area (Å²) in [4.78, 5) is 23.6. The van der Waals surface area contributed by atoms with Gasteiger partial charge in [0, 0.05) is 4.47 Å². The van der Waals surface area contributed by atoms with Gasteiger partial charge in [0.2, 0.25) is 0 Å². The molecule has 6 heteroatoms. The fraction of sp³-hybridized carbons (Fsp3) is 0.105. The van der Waals surface area contributed by atoms with E-state index in [4.69, 9.17) is 14.7 Å². The summed E-state index contributed by atoms with van der Waals surface area (Å²) in [6.45, 7) is 1.87. The molecular weight excluding hydrogens is 386 g/mol. The Kier molecular flexibility index (Phi) is 6.49. The lowest BCUT2D eigenvalue weighted by molar-refractivity contribution is -0.137. The normalized spacial score (nSPS) is 10.7. The largest absolute Gasteiger partial charge is 0.462 e. The van der Waals surface area contributed by atoms with Gasteiger partial charge in [0.25, 0.3) is 0 Å². The number of carbonyl (C=O) groups is 2. The third-order valence-corrected chi connectivity index (χ3v) is 3.63. The number of rotatable bonds is 5. The molecule has 0 spiro atoms. The van der Waals surface area contributed by atoms with Crippen LogP contribution >= 0.6 is 15.9 Å². The van der Waals surface area contributed by atoms with E-state index in [-0.39, 0.29) is 12.2 Å². The number of benzene rings is 2. The molecule has 5 nitrogen and oxygen atoms in total. The Morgan fingerprint density at radius 3 is 2.32 bits per heavy atom. The van der Waals surface area contributed by atoms with Crippen LogP contribution < -0.4 is 4.74 Å². The van der Waals surface area contributed by atoms with Crippen LogP contribution in [0.15, 0.2) is 58.6 Å². The summed E-state index contributed by atoms with van der Waals surface area (Å²) in [7, 11) is 0. The molecule has 0 unspecified atom stereocenters. The highest BCUT2D eigenvalue weighted by atomic mass is 79.9. The van der Waals surface area contributed by atoms with Gasteiger partial charge in [0.15, 0.2) is 0 Å². The Morgan fingerprint density at radius 2 is 1.76 bits per heavy atom. The summed E-state index contributed by atoms with van der Waals surface area (Å²) in [6.07, 6.45) is 1.41. The van der Waals surface area contributed by atoms with E-state index in [0.29, 0.717) is 16.9 Å². The van der Waals surface area contributed by atoms with Crippen molar-refractivity contribution in [3.8, 4) is 11.8 Å². The van der Waals surface area contributed by atoms with Crippen LogP contribution in [0.1, 0.15) is 22.8 Å². The number of hydrogen-bond donors (Lipinski definition) is 0. The number of nitrogens with zero attached hydrogens (tertiary/aromatic N) is 1. The second-order valence-electron chi connectivity index (χ2n) is 4.86. The van der Waals surface area contributed by atoms with E-state index in [1.165, 1.54) is 6.08 Å². The summed E-state index contributed by atoms with van der Waals surface area (Å²) >= 11 is 3.30. The minimum absolute atomic E-state index is 0.0959. The fourth-order valence-electron chi connectivity index (χ4n) is 1.90. The van der Waals surface area contributed by atoms with Crippen LogP contribution in [0.4, 0.5) is 0 Å². The molecular formula is C19H14BrNO4. The Hall–Kier alpha value is -2.91. The fourth-order valence-corrected chi connectivity index (χ4v) is 2.16. The smallest absolute Gasteiger partial charge is 0.348 e. The summed E-state index contributed by atoms with van der Waals surface area (Å²) < 4.78 is 10.9. The zero-order chi connectivity index (χ0) is 18.2. The van der Waals surface area contributed by atoms with E-state index in [1.807, 2.05) is 0 Å². The molecule has 2 aromatic carbocycles. The van der Waals surface area contributed by atoms with Crippen molar-refractivity contribution in [3.05, 3.63) is 69.7 Å². The van der Waals surface area contributed by atoms with Crippen molar-refractivity contribution in [1.29, 1.82) is 5.26 Å². The highest BCUT2D eigenvalue weighted by Gasteiger charge is 2.11. The molecule has 126 valence electrons. The summed E-state index contributed by atoms with van der Waals surface area (Å²) in [5, 5.41) is 9.01. The summed E-state index contributed by atoms with van der Waals surface area (Å²) in [5.74, 6) is -0.782. The van der Waals surface area contributed by atoms with Crippen molar-refractivity contribution in [2.24, 2.45) is 0 Å². The maximum atomic E-state index is 12.0. The van der Waals surface area contributed by atoms with Gasteiger partial charge in [-0.1, -0.05) is 28.1 Å². The highest BCUT2D eigenvalue weighted by Crippen LogP contribution is 2.17. The quantitative estimate of drug-likeness (QED) is 0.326. The number of nitriles is 1. The van der Waals surface area contributed by atoms with Crippen LogP contribution in [-0.2, 0) is 9.53 Å². The van der Waals surface area contributed by atoms with Crippen LogP contribution in [-0.4, -0.2) is 18.5 Å². The predicted molar refractivity (Wildman–Crippen MR) is 95.8 cm³/mol. The number of hydrogen-bond acceptors (Lipinski definition) is 5. The molecule has 25 heavy (non-hydrogen) atoms. The molecule has 0 saturated heterocycles. The molecule has 0 N–H and O–H groups in total. The Morgan fingerprint density at radius 1 is 1.12 bits per heavy atom. The maximum absolute atomic E-state index is 12.0. The van der Waals surface area contributed by atoms with E-state index in [1.54, 1.807) is 61.5 Å². The van der Waals surface area contributed by atoms with Gasteiger partial charge in [-0.25, -0.2) is 9.59 Å². The molecule has 0 heterocycles. The predicted octanol–water partition coefficient (Wildman–Crippen LogP) is 4.14. The van der Waals surface area contributed by atoms with Crippen LogP contribution in [0, 0.1) is 11.3 Å². The summed E-state index contributed by atoms with van der Waals surface area (Å²) in [5.41, 5.74) is 0.954. The lowest BCUT2D eigenvalue weighted by Crippen LogP contribution is -2.08. The van der Waals surface area contributed by atoms with Crippen LogP contribution in [0.3, 0.4) is 0 Å². The van der Waals surface area contributed by atoms with Gasteiger partial charge in [0.1, 0.15) is 17.4 Å². The lowest BCUT2D eigenvalue weighted by atomic mass is 10.1. The summed E-state index contributed by atoms with van der Waals surface area (Å²) in [6, 6.07) is 15.1. The van der Waals surface area contributed by atoms with Crippen LogP contribution in [0.2, 0.25) is 0 Å². The van der Waals surface area contributed by atoms with Gasteiger partial charge in [-0.3, -0.25) is 0 Å². The third-order valence-electron chi connectivity index (χ3n) is 3.10. The van der Waals surface area contributed by atoms with E-state index < -0.39 is 11.9 Å². The molecule has 0 radical (unpaired) electrons. The SMILES string of the molecule is CCOC(=O)/C(C#N)=C/c1ccc(OC(=O)c2ccc(Br)cc2)cc1. The molecule has 0 atom stereocenters. The van der Waals surface area contributed by atoms with Crippen molar-refractivity contribution in [3.63, 3.8) is 0 Å². The van der Waals surface area contributed by atoms with E-state index >= 15 is 0 Å². The zero-order valence-electron chi connectivity index (χ0n) is 13.4. The number of ether oxygens (including phenoxy) is 2. The minimum atomic E-state index is -0.671. The number of carbonyl (C=O) groups excluding carboxylic acids is 2. The molecule has 0 saturated carbocycles. The Bertz CT molecular complexity index is 833. The second kappa shape index (κ2) is 8.81. The van der Waals surface area contributed by atoms with Gasteiger partial charge < -0.3 is 9.47 Å². The molecule has 2 aromatic rings. The van der Waals surface area contributed by atoms with Crippen LogP contribution in [0.25, 0.3) is 6.08 Å². The molecule has 0 aliphatic rings. The first-order valence-electron chi connectivity index (χ1n) is 7.40. The molecule has 0 bridgehead atoms. The molecule has 0 aliphatic carbocycles. The van der Waals surface area contributed by atoms with Crippen molar-refractivity contribution < 1.29 is 19.1 Å². The molecule has 0 amide bonds. The van der Waals surface area contributed by atoms with Gasteiger partial charge in [-0.05, 0) is 55.0 Å². The molecule has 0 aromatic heterocycles. The standard InChI is InChI=1S/C19H14BrNO4/c1-2-24-18(22)15(12-21)11-13-3-9-17(10-4-13)25-19(23)14-5-7-16(20)8-6-14/h3-11H,2H2,1H3/b15-11+. The van der Waals surface area contributed by atoms with Crippen molar-refractivity contribution in [2.45, 2.75) is 6.92 Å². The monoisotopic (exact) mass is 399 g/mol. The third kappa shape index (κ3) is 5.30. The van der Waals surface area contributed by atoms with Crippen molar-refractivity contribution in [1.82, 2.24) is 0 Å². The zero-order valence-corrected chi connectivity index (χ0v) is 14.9. The Labute approximate surface area is 153 Å². The topological polar surface area (TPSA) is 76.4 Å². The van der Waals surface area contributed by atoms with Crippen molar-refractivity contribution in [2.75, 3.05) is 6.61 Å². The molecule has 0 aliphatic heterocycles. The maximum Gasteiger partial charge on any atom is 0.348 e. The number of halogens is 1. The first-order chi connectivity index (χ1) is 12.0. The Balaban J connectivity index is 2.09. The van der Waals surface area contributed by atoms with Gasteiger partial charge in [0.05, 0.1) is 12.2 Å². The van der Waals surface area contributed by atoms with Crippen LogP contribution in [0.5, 0.6) is 5.75 Å². The van der Waals surface area contributed by atoms with Crippen molar-refractivity contribution >= 4 is 33.9 Å². The van der Waals surface area contributed by atoms with Gasteiger partial charge in [-0.15, -0.1) is 0 Å². The average molecular weight is 400 g/mol. The van der Waals surface area contributed by atoms with E-state index in [0.717, 1.165) is 4.47 Å². The lowest BCUT2D eigenvalue weighted by Gasteiger charge is -2.05. The minimum Gasteiger partial charge on any atom is -0.462 e. The van der Waals surface area contributed by atoms with Gasteiger partial charge >= 0.3 is 11.9 Å². The second-order valence-corrected chi connectivity index (χ2v) is 5.77.